The lowest BCUT2D eigenvalue weighted by atomic mass is 10.2. The first kappa shape index (κ1) is 20.7. The second kappa shape index (κ2) is 9.52. The molecular formula is C21H27N9O. The fraction of sp³-hybridized carbons (Fsp3) is 0.381. The Hall–Kier alpha value is -3.53. The number of pyridine rings is 1. The van der Waals surface area contributed by atoms with Crippen LogP contribution < -0.4 is 15.5 Å². The summed E-state index contributed by atoms with van der Waals surface area (Å²) >= 11 is 0. The lowest BCUT2D eigenvalue weighted by molar-refractivity contribution is 0.249. The SMILES string of the molecule is CCNC(=O)Nc1cc(CN2CCN(c3ccc(-n4cccn4)nc3C)CC2)cnn1. The van der Waals surface area contributed by atoms with Gasteiger partial charge in [-0.2, -0.15) is 10.2 Å². The molecule has 10 nitrogen and oxygen atoms in total. The van der Waals surface area contributed by atoms with Crippen molar-refractivity contribution in [2.24, 2.45) is 0 Å². The van der Waals surface area contributed by atoms with E-state index in [9.17, 15) is 4.79 Å². The Kier molecular flexibility index (Phi) is 6.37. The molecule has 3 aromatic heterocycles. The molecule has 1 aliphatic rings. The molecule has 0 bridgehead atoms. The first-order valence-corrected chi connectivity index (χ1v) is 10.4. The third kappa shape index (κ3) is 5.15. The van der Waals surface area contributed by atoms with Crippen molar-refractivity contribution < 1.29 is 4.79 Å². The van der Waals surface area contributed by atoms with Crippen LogP contribution in [0.15, 0.2) is 42.9 Å². The average Bonchev–Trinajstić information content (AvgIpc) is 3.30. The number of nitrogens with one attached hydrogen (secondary N) is 2. The highest BCUT2D eigenvalue weighted by Crippen LogP contribution is 2.22. The minimum atomic E-state index is -0.273. The second-order valence-corrected chi connectivity index (χ2v) is 7.42. The quantitative estimate of drug-likeness (QED) is 0.626. The zero-order valence-electron chi connectivity index (χ0n) is 17.8. The average molecular weight is 422 g/mol. The molecule has 0 aliphatic carbocycles. The molecular weight excluding hydrogens is 394 g/mol. The Morgan fingerprint density at radius 3 is 2.74 bits per heavy atom. The van der Waals surface area contributed by atoms with Crippen LogP contribution in [0.4, 0.5) is 16.3 Å². The van der Waals surface area contributed by atoms with Crippen LogP contribution in [0.25, 0.3) is 5.82 Å². The second-order valence-electron chi connectivity index (χ2n) is 7.42. The summed E-state index contributed by atoms with van der Waals surface area (Å²) in [6.07, 6.45) is 5.39. The summed E-state index contributed by atoms with van der Waals surface area (Å²) in [6, 6.07) is 7.62. The van der Waals surface area contributed by atoms with Crippen LogP contribution in [-0.4, -0.2) is 68.6 Å². The van der Waals surface area contributed by atoms with Crippen LogP contribution in [0.1, 0.15) is 18.2 Å². The number of aromatic nitrogens is 5. The number of amides is 2. The normalized spacial score (nSPS) is 14.5. The molecule has 162 valence electrons. The zero-order valence-corrected chi connectivity index (χ0v) is 17.8. The van der Waals surface area contributed by atoms with Crippen molar-refractivity contribution in [1.29, 1.82) is 0 Å². The van der Waals surface area contributed by atoms with Crippen LogP contribution in [0.5, 0.6) is 0 Å². The van der Waals surface area contributed by atoms with Crippen LogP contribution in [-0.2, 0) is 6.54 Å². The third-order valence-corrected chi connectivity index (χ3v) is 5.19. The van der Waals surface area contributed by atoms with Gasteiger partial charge in [-0.25, -0.2) is 14.5 Å². The topological polar surface area (TPSA) is 104 Å². The van der Waals surface area contributed by atoms with Gasteiger partial charge in [-0.1, -0.05) is 0 Å². The molecule has 0 atom stereocenters. The molecule has 0 radical (unpaired) electrons. The highest BCUT2D eigenvalue weighted by Gasteiger charge is 2.20. The minimum absolute atomic E-state index is 0.273. The van der Waals surface area contributed by atoms with E-state index in [1.807, 2.05) is 38.2 Å². The summed E-state index contributed by atoms with van der Waals surface area (Å²) in [5.41, 5.74) is 3.19. The van der Waals surface area contributed by atoms with Gasteiger partial charge >= 0.3 is 6.03 Å². The molecule has 0 saturated carbocycles. The summed E-state index contributed by atoms with van der Waals surface area (Å²) in [7, 11) is 0. The number of carbonyl (C=O) groups excluding carboxylic acids is 1. The molecule has 1 aliphatic heterocycles. The molecule has 3 aromatic rings. The Bertz CT molecular complexity index is 1010. The summed E-state index contributed by atoms with van der Waals surface area (Å²) in [5, 5.41) is 17.6. The van der Waals surface area contributed by atoms with E-state index >= 15 is 0 Å². The van der Waals surface area contributed by atoms with E-state index in [1.54, 1.807) is 17.1 Å². The fourth-order valence-electron chi connectivity index (χ4n) is 3.69. The number of hydrogen-bond donors (Lipinski definition) is 2. The van der Waals surface area contributed by atoms with Crippen molar-refractivity contribution in [3.63, 3.8) is 0 Å². The monoisotopic (exact) mass is 421 g/mol. The molecule has 10 heteroatoms. The number of piperazine rings is 1. The Morgan fingerprint density at radius 1 is 1.19 bits per heavy atom. The van der Waals surface area contributed by atoms with Crippen molar-refractivity contribution in [2.45, 2.75) is 20.4 Å². The van der Waals surface area contributed by atoms with Crippen molar-refractivity contribution in [1.82, 2.24) is 35.2 Å². The van der Waals surface area contributed by atoms with Crippen molar-refractivity contribution in [3.8, 4) is 5.82 Å². The fourth-order valence-corrected chi connectivity index (χ4v) is 3.69. The molecule has 2 N–H and O–H groups in total. The van der Waals surface area contributed by atoms with Gasteiger partial charge in [0.2, 0.25) is 0 Å². The van der Waals surface area contributed by atoms with Crippen molar-refractivity contribution in [2.75, 3.05) is 42.9 Å². The van der Waals surface area contributed by atoms with Gasteiger partial charge in [-0.15, -0.1) is 5.10 Å². The first-order valence-electron chi connectivity index (χ1n) is 10.4. The Morgan fingerprint density at radius 2 is 2.03 bits per heavy atom. The van der Waals surface area contributed by atoms with Crippen LogP contribution in [0.3, 0.4) is 0 Å². The maximum atomic E-state index is 11.7. The zero-order chi connectivity index (χ0) is 21.6. The number of anilines is 2. The van der Waals surface area contributed by atoms with E-state index in [0.29, 0.717) is 12.4 Å². The summed E-state index contributed by atoms with van der Waals surface area (Å²) in [5.74, 6) is 1.29. The molecule has 2 amide bonds. The van der Waals surface area contributed by atoms with Gasteiger partial charge in [-0.3, -0.25) is 10.2 Å². The number of carbonyl (C=O) groups is 1. The molecule has 4 rings (SSSR count). The van der Waals surface area contributed by atoms with E-state index in [4.69, 9.17) is 4.98 Å². The predicted molar refractivity (Wildman–Crippen MR) is 118 cm³/mol. The van der Waals surface area contributed by atoms with Crippen molar-refractivity contribution in [3.05, 3.63) is 54.1 Å². The molecule has 1 fully saturated rings. The van der Waals surface area contributed by atoms with Gasteiger partial charge in [-0.05, 0) is 43.7 Å². The number of hydrogen-bond acceptors (Lipinski definition) is 7. The van der Waals surface area contributed by atoms with Crippen LogP contribution >= 0.6 is 0 Å². The van der Waals surface area contributed by atoms with Gasteiger partial charge in [0.25, 0.3) is 0 Å². The van der Waals surface area contributed by atoms with Crippen LogP contribution in [0.2, 0.25) is 0 Å². The van der Waals surface area contributed by atoms with E-state index < -0.39 is 0 Å². The van der Waals surface area contributed by atoms with E-state index in [1.165, 1.54) is 0 Å². The first-order chi connectivity index (χ1) is 15.1. The van der Waals surface area contributed by atoms with Gasteiger partial charge in [0.15, 0.2) is 11.6 Å². The molecule has 0 aromatic carbocycles. The lowest BCUT2D eigenvalue weighted by Gasteiger charge is -2.36. The van der Waals surface area contributed by atoms with E-state index in [2.05, 4.69) is 41.8 Å². The molecule has 1 saturated heterocycles. The smallest absolute Gasteiger partial charge is 0.320 e. The predicted octanol–water partition coefficient (Wildman–Crippen LogP) is 1.83. The lowest BCUT2D eigenvalue weighted by Crippen LogP contribution is -2.46. The van der Waals surface area contributed by atoms with Gasteiger partial charge in [0.05, 0.1) is 17.6 Å². The van der Waals surface area contributed by atoms with Gasteiger partial charge < -0.3 is 10.2 Å². The number of urea groups is 1. The summed E-state index contributed by atoms with van der Waals surface area (Å²) < 4.78 is 1.77. The molecule has 31 heavy (non-hydrogen) atoms. The molecule has 0 unspecified atom stereocenters. The standard InChI is InChI=1S/C21H27N9O/c1-3-22-21(31)26-19-13-17(14-23-27-19)15-28-9-11-29(12-10-28)18-5-6-20(25-16(18)2)30-8-4-7-24-30/h4-8,13-14H,3,9-12,15H2,1-2H3,(H2,22,26,27,31). The Labute approximate surface area is 181 Å². The summed E-state index contributed by atoms with van der Waals surface area (Å²) in [6.45, 7) is 8.95. The van der Waals surface area contributed by atoms with Crippen molar-refractivity contribution >= 4 is 17.5 Å². The third-order valence-electron chi connectivity index (χ3n) is 5.19. The van der Waals surface area contributed by atoms with Crippen LogP contribution in [0, 0.1) is 6.92 Å². The van der Waals surface area contributed by atoms with Gasteiger partial charge in [0, 0.05) is 51.7 Å². The number of nitrogens with zero attached hydrogens (tertiary/aromatic N) is 7. The molecule has 4 heterocycles. The minimum Gasteiger partial charge on any atom is -0.368 e. The number of aryl methyl sites for hydroxylation is 1. The van der Waals surface area contributed by atoms with E-state index in [-0.39, 0.29) is 6.03 Å². The largest absolute Gasteiger partial charge is 0.368 e. The Balaban J connectivity index is 1.33. The highest BCUT2D eigenvalue weighted by molar-refractivity contribution is 5.88. The van der Waals surface area contributed by atoms with Gasteiger partial charge in [0.1, 0.15) is 0 Å². The maximum Gasteiger partial charge on any atom is 0.320 e. The number of rotatable bonds is 6. The van der Waals surface area contributed by atoms with E-state index in [0.717, 1.165) is 55.5 Å². The highest BCUT2D eigenvalue weighted by atomic mass is 16.2. The maximum absolute atomic E-state index is 11.7. The molecule has 0 spiro atoms. The summed E-state index contributed by atoms with van der Waals surface area (Å²) in [4.78, 5) is 21.2.